The van der Waals surface area contributed by atoms with Gasteiger partial charge in [-0.25, -0.2) is 0 Å². The van der Waals surface area contributed by atoms with Gasteiger partial charge in [-0.2, -0.15) is 0 Å². The lowest BCUT2D eigenvalue weighted by atomic mass is 9.55. The fourth-order valence-corrected chi connectivity index (χ4v) is 38.2. The van der Waals surface area contributed by atoms with Gasteiger partial charge in [-0.1, -0.05) is 255 Å². The van der Waals surface area contributed by atoms with Crippen molar-refractivity contribution in [3.05, 3.63) is 472 Å². The van der Waals surface area contributed by atoms with Gasteiger partial charge in [0, 0.05) is 33.9 Å². The lowest BCUT2D eigenvalue weighted by Gasteiger charge is -2.53. The van der Waals surface area contributed by atoms with Crippen LogP contribution in [0.5, 0.6) is 17.2 Å². The minimum Gasteiger partial charge on any atom is -0.468 e. The van der Waals surface area contributed by atoms with Crippen molar-refractivity contribution in [2.75, 3.05) is 20.4 Å². The minimum atomic E-state index is -0.164. The van der Waals surface area contributed by atoms with Crippen molar-refractivity contribution >= 4 is 86.8 Å². The summed E-state index contributed by atoms with van der Waals surface area (Å²) in [7, 11) is -0.650. The Labute approximate surface area is 897 Å². The molecule has 18 aromatic carbocycles. The Bertz CT molecular complexity index is 7060. The highest BCUT2D eigenvalue weighted by Crippen LogP contribution is 2.58. The molecule has 12 aliphatic carbocycles. The molecule has 12 bridgehead atoms. The molecule has 12 saturated carbocycles. The maximum absolute atomic E-state index is 6.43. The Morgan fingerprint density at radius 2 is 0.416 bits per heavy atom. The number of benzene rings is 18. The van der Waals surface area contributed by atoms with Crippen molar-refractivity contribution in [3.63, 3.8) is 0 Å². The van der Waals surface area contributed by atoms with Crippen LogP contribution in [0.25, 0.3) is 32.3 Å². The second-order valence-corrected chi connectivity index (χ2v) is 52.5. The van der Waals surface area contributed by atoms with Crippen molar-refractivity contribution in [3.8, 4) is 17.2 Å². The van der Waals surface area contributed by atoms with Crippen molar-refractivity contribution in [1.29, 1.82) is 0 Å². The highest BCUT2D eigenvalue weighted by molar-refractivity contribution is 7.98. The molecular formula is C138H135O6S5+5. The molecule has 0 radical (unpaired) electrons. The molecule has 0 saturated heterocycles. The molecular weight excluding hydrogens is 1910 g/mol. The van der Waals surface area contributed by atoms with Gasteiger partial charge in [-0.05, 0) is 403 Å². The normalized spacial score (nSPS) is 22.2. The van der Waals surface area contributed by atoms with Gasteiger partial charge in [-0.15, -0.1) is 0 Å². The molecule has 11 heteroatoms. The topological polar surface area (TPSA) is 55.4 Å². The molecule has 0 spiro atoms. The van der Waals surface area contributed by atoms with E-state index in [1.165, 1.54) is 219 Å². The molecule has 149 heavy (non-hydrogen) atoms. The van der Waals surface area contributed by atoms with Crippen LogP contribution in [-0.4, -0.2) is 38.7 Å². The molecule has 0 heterocycles. The van der Waals surface area contributed by atoms with Gasteiger partial charge in [0.1, 0.15) is 28.1 Å². The maximum Gasteiger partial charge on any atom is 0.189 e. The zero-order valence-corrected chi connectivity index (χ0v) is 89.8. The molecule has 0 N–H and O–H groups in total. The van der Waals surface area contributed by atoms with Gasteiger partial charge >= 0.3 is 0 Å². The van der Waals surface area contributed by atoms with Gasteiger partial charge in [0.05, 0.1) is 61.9 Å². The first-order valence-corrected chi connectivity index (χ1v) is 60.4. The Kier molecular flexibility index (Phi) is 31.9. The molecule has 0 unspecified atom stereocenters. The number of fused-ring (bicyclic) bond motifs is 3. The summed E-state index contributed by atoms with van der Waals surface area (Å²) in [4.78, 5) is 20.2. The molecule has 12 fully saturated rings. The number of hydrogen-bond donors (Lipinski definition) is 0. The van der Waals surface area contributed by atoms with E-state index >= 15 is 0 Å². The summed E-state index contributed by atoms with van der Waals surface area (Å²) in [5.41, 5.74) is 3.64. The van der Waals surface area contributed by atoms with E-state index in [2.05, 4.69) is 476 Å². The second-order valence-electron chi connectivity index (χ2n) is 42.5. The van der Waals surface area contributed by atoms with Crippen molar-refractivity contribution in [2.24, 2.45) is 71.0 Å². The van der Waals surface area contributed by atoms with E-state index in [0.29, 0.717) is 38.7 Å². The first-order valence-electron chi connectivity index (χ1n) is 54.2. The van der Waals surface area contributed by atoms with E-state index in [1.807, 2.05) is 0 Å². The first kappa shape index (κ1) is 100. The van der Waals surface area contributed by atoms with Crippen LogP contribution in [-0.2, 0) is 68.7 Å². The maximum atomic E-state index is 6.43. The van der Waals surface area contributed by atoms with Gasteiger partial charge in [0.2, 0.25) is 0 Å². The first-order chi connectivity index (χ1) is 73.6. The molecule has 6 nitrogen and oxygen atoms in total. The van der Waals surface area contributed by atoms with Crippen LogP contribution >= 0.6 is 0 Å². The Morgan fingerprint density at radius 1 is 0.181 bits per heavy atom. The minimum absolute atomic E-state index is 0.0892. The van der Waals surface area contributed by atoms with Crippen molar-refractivity contribution in [2.45, 2.75) is 209 Å². The summed E-state index contributed by atoms with van der Waals surface area (Å²) in [5.74, 6) is 13.3. The number of aryl methyl sites for hydroxylation is 3. The molecule has 0 aliphatic heterocycles. The molecule has 0 aromatic heterocycles. The van der Waals surface area contributed by atoms with Gasteiger partial charge in [0.15, 0.2) is 93.8 Å². The third kappa shape index (κ3) is 23.2. The Balaban J connectivity index is 0.000000103. The van der Waals surface area contributed by atoms with E-state index in [0.717, 1.165) is 88.3 Å². The highest BCUT2D eigenvalue weighted by Gasteiger charge is 2.52. The lowest BCUT2D eigenvalue weighted by Crippen LogP contribution is -2.49. The Hall–Kier alpha value is -12.2. The SMILES string of the molecule is Cc1cc(OCOC2C3CC4CC(C3)CC2C4)ccc1[S+](c1ccccc1)c1ccccc1.Cc1cc([S+](c2ccccc2)c2ccccc2)cc(C)c1OCOC1C2CC3CC(C2)CC1C3.c1ccc([S+](c2cccc3ccccc23)c2cccc3ccccc23)cc1.c1ccc([S+](c2ccccc2)c2ccc(OCOC3C4CC5CC(C4)CC3C5)cc2)cc1.c1ccc([S+](c2ccccc2)c2cccc3ccccc23)cc1. The zero-order valence-electron chi connectivity index (χ0n) is 85.7. The van der Waals surface area contributed by atoms with Crippen LogP contribution in [0.1, 0.15) is 113 Å². The molecule has 12 aliphatic rings. The molecule has 748 valence electrons. The van der Waals surface area contributed by atoms with E-state index in [1.54, 1.807) is 0 Å². The van der Waals surface area contributed by atoms with E-state index < -0.39 is 0 Å². The van der Waals surface area contributed by atoms with Crippen LogP contribution in [0.3, 0.4) is 0 Å². The number of hydrogen-bond acceptors (Lipinski definition) is 6. The zero-order chi connectivity index (χ0) is 100. The van der Waals surface area contributed by atoms with Gasteiger partial charge < -0.3 is 28.4 Å². The third-order valence-electron chi connectivity index (χ3n) is 32.7. The van der Waals surface area contributed by atoms with Crippen LogP contribution in [0.15, 0.2) is 528 Å². The summed E-state index contributed by atoms with van der Waals surface area (Å²) in [6.45, 7) is 7.66. The van der Waals surface area contributed by atoms with Crippen molar-refractivity contribution in [1.82, 2.24) is 0 Å². The molecule has 18 aromatic rings. The predicted octanol–water partition coefficient (Wildman–Crippen LogP) is 34.8. The van der Waals surface area contributed by atoms with Crippen molar-refractivity contribution < 1.29 is 28.4 Å². The molecule has 0 amide bonds. The summed E-state index contributed by atoms with van der Waals surface area (Å²) in [5, 5.41) is 7.90. The summed E-state index contributed by atoms with van der Waals surface area (Å²) in [6.07, 6.45) is 22.3. The largest absolute Gasteiger partial charge is 0.468 e. The molecule has 30 rings (SSSR count). The van der Waals surface area contributed by atoms with E-state index in [9.17, 15) is 0 Å². The third-order valence-corrected chi connectivity index (χ3v) is 44.1. The van der Waals surface area contributed by atoms with Gasteiger partial charge in [-0.3, -0.25) is 0 Å². The molecule has 0 atom stereocenters. The highest BCUT2D eigenvalue weighted by atomic mass is 32.2. The van der Waals surface area contributed by atoms with Crippen LogP contribution in [0.4, 0.5) is 0 Å². The van der Waals surface area contributed by atoms with Crippen LogP contribution in [0, 0.1) is 91.8 Å². The number of ether oxygens (including phenoxy) is 6. The second kappa shape index (κ2) is 47.5. The summed E-state index contributed by atoms with van der Waals surface area (Å²) in [6, 6.07) is 163. The van der Waals surface area contributed by atoms with Crippen LogP contribution < -0.4 is 14.2 Å². The quantitative estimate of drug-likeness (QED) is 0.0378. The van der Waals surface area contributed by atoms with E-state index in [4.69, 9.17) is 28.4 Å². The smallest absolute Gasteiger partial charge is 0.189 e. The summed E-state index contributed by atoms with van der Waals surface area (Å²) >= 11 is 0. The monoisotopic (exact) mass is 2050 g/mol. The average molecular weight is 2050 g/mol. The summed E-state index contributed by atoms with van der Waals surface area (Å²) < 4.78 is 37.6. The predicted molar refractivity (Wildman–Crippen MR) is 616 cm³/mol. The lowest BCUT2D eigenvalue weighted by molar-refractivity contribution is -0.155. The van der Waals surface area contributed by atoms with Crippen LogP contribution in [0.2, 0.25) is 0 Å². The standard InChI is InChI=1S/C31H35O2S.C30H33O2S.C29H31O2S.C26H19S.C22H17S/c1-21-13-29(34(27-9-5-3-6-10-27)28-11-7-4-8-12-28)14-22(2)30(21)32-20-33-31-25-16-23-15-24(18-25)19-26(31)17-23;1-21-14-26(31-20-32-30-24-16-22-15-23(18-24)19-25(30)17-22)12-13-29(21)33(27-8-4-2-5-9-27)28-10-6-3-7-11-28;1-3-7-26(8-4-1)32(27-9-5-2-6-10-27)28-13-11-25(12-14-28)30-20-31-29-23-16-21-15-22(18-23)19-24(29)17-21;1-2-14-22(15-3-1)27(25-18-8-12-20-10-4-6-16-23(20)25)26-19-9-13-21-11-5-7-17-24(21)26;1-3-12-19(13-4-1)23(20-14-5-2-6-15-20)22-17-9-11-18-10-7-8-16-21(18)22/h3-14,23-26,31H,15-20H2,1-2H3;2-14,22-25,30H,15-20H2,1H3;1-14,21-24,29H,15-20H2;1-19H;1-17H/q5*+1. The Morgan fingerprint density at radius 3 is 0.725 bits per heavy atom. The van der Waals surface area contributed by atoms with Gasteiger partial charge in [0.25, 0.3) is 0 Å². The number of rotatable bonds is 27. The fourth-order valence-electron chi connectivity index (χ4n) is 26.9. The fraction of sp³-hybridized carbons (Fsp3) is 0.261. The van der Waals surface area contributed by atoms with E-state index in [-0.39, 0.29) is 54.5 Å². The average Bonchev–Trinajstić information content (AvgIpc) is 0.767.